The van der Waals surface area contributed by atoms with Crippen LogP contribution in [0.2, 0.25) is 0 Å². The third-order valence-corrected chi connectivity index (χ3v) is 4.80. The lowest BCUT2D eigenvalue weighted by atomic mass is 9.96. The fraction of sp³-hybridized carbons (Fsp3) is 0.600. The van der Waals surface area contributed by atoms with Crippen molar-refractivity contribution in [3.05, 3.63) is 35.9 Å². The van der Waals surface area contributed by atoms with Gasteiger partial charge in [-0.1, -0.05) is 44.2 Å². The molecule has 0 aromatic heterocycles. The van der Waals surface area contributed by atoms with Gasteiger partial charge >= 0.3 is 6.09 Å². The van der Waals surface area contributed by atoms with E-state index in [-0.39, 0.29) is 12.5 Å². The van der Waals surface area contributed by atoms with Gasteiger partial charge in [-0.15, -0.1) is 0 Å². The zero-order chi connectivity index (χ0) is 18.3. The van der Waals surface area contributed by atoms with Crippen molar-refractivity contribution in [2.45, 2.75) is 58.6 Å². The molecular weight excluding hydrogens is 316 g/mol. The predicted octanol–water partition coefficient (Wildman–Crippen LogP) is 3.83. The molecule has 25 heavy (non-hydrogen) atoms. The number of likely N-dealkylation sites (tertiary alicyclic amines) is 1. The van der Waals surface area contributed by atoms with Crippen molar-refractivity contribution < 1.29 is 14.3 Å². The van der Waals surface area contributed by atoms with Gasteiger partial charge in [0.05, 0.1) is 0 Å². The van der Waals surface area contributed by atoms with E-state index in [9.17, 15) is 9.59 Å². The molecule has 0 radical (unpaired) electrons. The zero-order valence-corrected chi connectivity index (χ0v) is 15.7. The summed E-state index contributed by atoms with van der Waals surface area (Å²) in [6.45, 7) is 8.28. The standard InChI is InChI=1S/C20H30N2O3/c1-4-13-21(14-5-2)18(23)20(3)12-9-15-22(20)19(24)25-16-17-10-7-6-8-11-17/h6-8,10-11H,4-5,9,12-16H2,1-3H3. The van der Waals surface area contributed by atoms with E-state index in [0.717, 1.165) is 37.9 Å². The minimum absolute atomic E-state index is 0.0466. The third-order valence-electron chi connectivity index (χ3n) is 4.80. The van der Waals surface area contributed by atoms with Gasteiger partial charge < -0.3 is 9.64 Å². The molecule has 1 aliphatic rings. The second-order valence-electron chi connectivity index (χ2n) is 6.86. The smallest absolute Gasteiger partial charge is 0.410 e. The molecule has 5 nitrogen and oxygen atoms in total. The van der Waals surface area contributed by atoms with Crippen LogP contribution < -0.4 is 0 Å². The molecule has 0 aliphatic carbocycles. The highest BCUT2D eigenvalue weighted by Crippen LogP contribution is 2.32. The van der Waals surface area contributed by atoms with Gasteiger partial charge in [0.2, 0.25) is 5.91 Å². The molecule has 0 saturated carbocycles. The SMILES string of the molecule is CCCN(CCC)C(=O)C1(C)CCCN1C(=O)OCc1ccccc1. The molecule has 0 N–H and O–H groups in total. The summed E-state index contributed by atoms with van der Waals surface area (Å²) in [4.78, 5) is 29.2. The van der Waals surface area contributed by atoms with E-state index in [0.29, 0.717) is 13.0 Å². The van der Waals surface area contributed by atoms with Crippen LogP contribution in [0.5, 0.6) is 0 Å². The van der Waals surface area contributed by atoms with Crippen LogP contribution in [0.15, 0.2) is 30.3 Å². The van der Waals surface area contributed by atoms with Crippen LogP contribution in [0.25, 0.3) is 0 Å². The quantitative estimate of drug-likeness (QED) is 0.754. The summed E-state index contributed by atoms with van der Waals surface area (Å²) in [6, 6.07) is 9.61. The van der Waals surface area contributed by atoms with E-state index in [1.807, 2.05) is 42.2 Å². The molecule has 1 heterocycles. The van der Waals surface area contributed by atoms with Crippen molar-refractivity contribution in [1.82, 2.24) is 9.80 Å². The number of carbonyl (C=O) groups is 2. The van der Waals surface area contributed by atoms with Gasteiger partial charge in [-0.3, -0.25) is 9.69 Å². The first-order chi connectivity index (χ1) is 12.0. The number of nitrogens with zero attached hydrogens (tertiary/aromatic N) is 2. The van der Waals surface area contributed by atoms with Gasteiger partial charge in [0, 0.05) is 19.6 Å². The predicted molar refractivity (Wildman–Crippen MR) is 98.1 cm³/mol. The first kappa shape index (κ1) is 19.3. The van der Waals surface area contributed by atoms with E-state index >= 15 is 0 Å². The maximum Gasteiger partial charge on any atom is 0.410 e. The number of amides is 2. The lowest BCUT2D eigenvalue weighted by Crippen LogP contribution is -2.56. The van der Waals surface area contributed by atoms with E-state index in [4.69, 9.17) is 4.74 Å². The number of hydrogen-bond acceptors (Lipinski definition) is 3. The minimum atomic E-state index is -0.794. The number of carbonyl (C=O) groups excluding carboxylic acids is 2. The van der Waals surface area contributed by atoms with E-state index in [1.165, 1.54) is 0 Å². The highest BCUT2D eigenvalue weighted by atomic mass is 16.6. The van der Waals surface area contributed by atoms with E-state index in [2.05, 4.69) is 13.8 Å². The maximum atomic E-state index is 13.1. The number of hydrogen-bond donors (Lipinski definition) is 0. The molecule has 2 rings (SSSR count). The molecule has 138 valence electrons. The Morgan fingerprint density at radius 1 is 1.16 bits per heavy atom. The van der Waals surface area contributed by atoms with Crippen LogP contribution in [0.4, 0.5) is 4.79 Å². The molecule has 1 aliphatic heterocycles. The molecule has 1 fully saturated rings. The van der Waals surface area contributed by atoms with Crippen molar-refractivity contribution in [3.8, 4) is 0 Å². The highest BCUT2D eigenvalue weighted by Gasteiger charge is 2.48. The minimum Gasteiger partial charge on any atom is -0.445 e. The first-order valence-electron chi connectivity index (χ1n) is 9.30. The summed E-state index contributed by atoms with van der Waals surface area (Å²) in [7, 11) is 0. The molecule has 1 aromatic rings. The number of rotatable bonds is 7. The van der Waals surface area contributed by atoms with Crippen LogP contribution in [-0.2, 0) is 16.1 Å². The van der Waals surface area contributed by atoms with Crippen molar-refractivity contribution in [2.24, 2.45) is 0 Å². The van der Waals surface area contributed by atoms with Gasteiger partial charge in [-0.2, -0.15) is 0 Å². The summed E-state index contributed by atoms with van der Waals surface area (Å²) >= 11 is 0. The second-order valence-corrected chi connectivity index (χ2v) is 6.86. The van der Waals surface area contributed by atoms with E-state index in [1.54, 1.807) is 4.90 Å². The Bertz CT molecular complexity index is 570. The van der Waals surface area contributed by atoms with Crippen LogP contribution >= 0.6 is 0 Å². The lowest BCUT2D eigenvalue weighted by Gasteiger charge is -2.37. The average molecular weight is 346 g/mol. The number of benzene rings is 1. The molecule has 1 aromatic carbocycles. The Hall–Kier alpha value is -2.04. The van der Waals surface area contributed by atoms with Crippen LogP contribution in [-0.4, -0.2) is 47.0 Å². The van der Waals surface area contributed by atoms with Gasteiger partial charge in [0.15, 0.2) is 0 Å². The molecule has 0 bridgehead atoms. The summed E-state index contributed by atoms with van der Waals surface area (Å²) in [5.74, 6) is 0.0466. The Balaban J connectivity index is 2.05. The molecule has 1 atom stereocenters. The molecular formula is C20H30N2O3. The molecule has 2 amide bonds. The topological polar surface area (TPSA) is 49.9 Å². The largest absolute Gasteiger partial charge is 0.445 e. The van der Waals surface area contributed by atoms with Gasteiger partial charge in [0.1, 0.15) is 12.1 Å². The van der Waals surface area contributed by atoms with Crippen molar-refractivity contribution in [1.29, 1.82) is 0 Å². The lowest BCUT2D eigenvalue weighted by molar-refractivity contribution is -0.141. The van der Waals surface area contributed by atoms with Gasteiger partial charge in [-0.05, 0) is 38.2 Å². The van der Waals surface area contributed by atoms with Gasteiger partial charge in [-0.25, -0.2) is 4.79 Å². The van der Waals surface area contributed by atoms with Crippen LogP contribution in [0.3, 0.4) is 0 Å². The Morgan fingerprint density at radius 2 is 1.80 bits per heavy atom. The number of ether oxygens (including phenoxy) is 1. The zero-order valence-electron chi connectivity index (χ0n) is 15.7. The average Bonchev–Trinajstić information content (AvgIpc) is 3.03. The summed E-state index contributed by atoms with van der Waals surface area (Å²) < 4.78 is 5.47. The van der Waals surface area contributed by atoms with Crippen molar-refractivity contribution >= 4 is 12.0 Å². The summed E-state index contributed by atoms with van der Waals surface area (Å²) in [5, 5.41) is 0. The van der Waals surface area contributed by atoms with Gasteiger partial charge in [0.25, 0.3) is 0 Å². The second kappa shape index (κ2) is 8.88. The highest BCUT2D eigenvalue weighted by molar-refractivity contribution is 5.90. The molecule has 1 saturated heterocycles. The van der Waals surface area contributed by atoms with Crippen LogP contribution in [0.1, 0.15) is 52.0 Å². The fourth-order valence-electron chi connectivity index (χ4n) is 3.47. The monoisotopic (exact) mass is 346 g/mol. The maximum absolute atomic E-state index is 13.1. The fourth-order valence-corrected chi connectivity index (χ4v) is 3.47. The molecule has 1 unspecified atom stereocenters. The Morgan fingerprint density at radius 3 is 2.40 bits per heavy atom. The summed E-state index contributed by atoms with van der Waals surface area (Å²) in [6.07, 6.45) is 2.95. The normalized spacial score (nSPS) is 19.7. The Labute approximate surface area is 150 Å². The molecule has 0 spiro atoms. The van der Waals surface area contributed by atoms with E-state index < -0.39 is 11.6 Å². The van der Waals surface area contributed by atoms with Crippen molar-refractivity contribution in [2.75, 3.05) is 19.6 Å². The van der Waals surface area contributed by atoms with Crippen LogP contribution in [0, 0.1) is 0 Å². The van der Waals surface area contributed by atoms with Crippen molar-refractivity contribution in [3.63, 3.8) is 0 Å². The third kappa shape index (κ3) is 4.53. The Kier molecular flexibility index (Phi) is 6.85. The molecule has 5 heteroatoms. The summed E-state index contributed by atoms with van der Waals surface area (Å²) in [5.41, 5.74) is 0.152. The first-order valence-corrected chi connectivity index (χ1v) is 9.30.